The molecule has 0 aliphatic carbocycles. The molecule has 0 unspecified atom stereocenters. The third-order valence-electron chi connectivity index (χ3n) is 3.03. The van der Waals surface area contributed by atoms with E-state index in [9.17, 15) is 4.79 Å². The molecule has 0 N–H and O–H groups in total. The van der Waals surface area contributed by atoms with Gasteiger partial charge in [0.1, 0.15) is 0 Å². The number of hydrogen-bond acceptors (Lipinski definition) is 1. The lowest BCUT2D eigenvalue weighted by atomic mass is 10.1. The first-order chi connectivity index (χ1) is 9.11. The summed E-state index contributed by atoms with van der Waals surface area (Å²) in [7, 11) is 0. The highest BCUT2D eigenvalue weighted by Crippen LogP contribution is 2.27. The van der Waals surface area contributed by atoms with Crippen LogP contribution in [0.4, 0.5) is 0 Å². The second-order valence-electron chi connectivity index (χ2n) is 4.60. The van der Waals surface area contributed by atoms with Gasteiger partial charge in [-0.3, -0.25) is 4.79 Å². The standard InChI is InChI=1S/C15H21BrClNO/c1-3-5-10-18(11-6-4-2)15(19)12-8-7-9-13(16)14(12)17/h7-9H,3-6,10-11H2,1-2H3. The van der Waals surface area contributed by atoms with E-state index in [1.807, 2.05) is 17.0 Å². The number of amides is 1. The fourth-order valence-electron chi connectivity index (χ4n) is 1.85. The maximum atomic E-state index is 12.6. The normalized spacial score (nSPS) is 10.5. The molecule has 0 aliphatic rings. The molecule has 0 spiro atoms. The zero-order chi connectivity index (χ0) is 14.3. The summed E-state index contributed by atoms with van der Waals surface area (Å²) in [6, 6.07) is 5.49. The molecule has 0 fully saturated rings. The monoisotopic (exact) mass is 345 g/mol. The second-order valence-corrected chi connectivity index (χ2v) is 5.83. The molecule has 1 amide bonds. The van der Waals surface area contributed by atoms with E-state index in [4.69, 9.17) is 11.6 Å². The van der Waals surface area contributed by atoms with Crippen molar-refractivity contribution in [1.82, 2.24) is 4.90 Å². The average Bonchev–Trinajstić information content (AvgIpc) is 2.41. The van der Waals surface area contributed by atoms with Gasteiger partial charge in [-0.1, -0.05) is 44.4 Å². The van der Waals surface area contributed by atoms with E-state index in [0.29, 0.717) is 10.6 Å². The summed E-state index contributed by atoms with van der Waals surface area (Å²) in [4.78, 5) is 14.5. The smallest absolute Gasteiger partial charge is 0.255 e. The SMILES string of the molecule is CCCCN(CCCC)C(=O)c1cccc(Br)c1Cl. The lowest BCUT2D eigenvalue weighted by Gasteiger charge is -2.23. The lowest BCUT2D eigenvalue weighted by molar-refractivity contribution is 0.0751. The van der Waals surface area contributed by atoms with Gasteiger partial charge in [0.25, 0.3) is 5.91 Å². The maximum Gasteiger partial charge on any atom is 0.255 e. The maximum absolute atomic E-state index is 12.6. The Morgan fingerprint density at radius 3 is 2.32 bits per heavy atom. The number of rotatable bonds is 7. The summed E-state index contributed by atoms with van der Waals surface area (Å²) in [5.74, 6) is 0.0354. The Morgan fingerprint density at radius 2 is 1.79 bits per heavy atom. The van der Waals surface area contributed by atoms with Crippen molar-refractivity contribution in [3.05, 3.63) is 33.3 Å². The molecular formula is C15H21BrClNO. The Balaban J connectivity index is 2.87. The lowest BCUT2D eigenvalue weighted by Crippen LogP contribution is -2.33. The fourth-order valence-corrected chi connectivity index (χ4v) is 2.43. The number of benzene rings is 1. The van der Waals surface area contributed by atoms with Crippen LogP contribution in [0.2, 0.25) is 5.02 Å². The average molecular weight is 347 g/mol. The van der Waals surface area contributed by atoms with Crippen molar-refractivity contribution in [2.45, 2.75) is 39.5 Å². The molecule has 1 aromatic carbocycles. The molecule has 0 saturated carbocycles. The molecule has 0 aliphatic heterocycles. The number of hydrogen-bond donors (Lipinski definition) is 0. The van der Waals surface area contributed by atoms with Crippen molar-refractivity contribution in [3.63, 3.8) is 0 Å². The molecule has 2 nitrogen and oxygen atoms in total. The van der Waals surface area contributed by atoms with Gasteiger partial charge in [-0.25, -0.2) is 0 Å². The van der Waals surface area contributed by atoms with Gasteiger partial charge in [-0.15, -0.1) is 0 Å². The first-order valence-electron chi connectivity index (χ1n) is 6.85. The largest absolute Gasteiger partial charge is 0.339 e. The summed E-state index contributed by atoms with van der Waals surface area (Å²) in [6.07, 6.45) is 4.23. The molecular weight excluding hydrogens is 326 g/mol. The third kappa shape index (κ3) is 4.81. The molecule has 4 heteroatoms. The van der Waals surface area contributed by atoms with Crippen LogP contribution in [0.15, 0.2) is 22.7 Å². The second kappa shape index (κ2) is 8.60. The predicted molar refractivity (Wildman–Crippen MR) is 84.9 cm³/mol. The van der Waals surface area contributed by atoms with Gasteiger partial charge in [0.2, 0.25) is 0 Å². The fraction of sp³-hybridized carbons (Fsp3) is 0.533. The van der Waals surface area contributed by atoms with Crippen molar-refractivity contribution < 1.29 is 4.79 Å². The van der Waals surface area contributed by atoms with Crippen molar-refractivity contribution in [2.24, 2.45) is 0 Å². The van der Waals surface area contributed by atoms with Crippen molar-refractivity contribution in [3.8, 4) is 0 Å². The molecule has 1 aromatic rings. The minimum absolute atomic E-state index is 0.0354. The molecule has 0 radical (unpaired) electrons. The number of carbonyl (C=O) groups excluding carboxylic acids is 1. The van der Waals surface area contributed by atoms with Gasteiger partial charge >= 0.3 is 0 Å². The molecule has 0 atom stereocenters. The van der Waals surface area contributed by atoms with Crippen LogP contribution in [0.3, 0.4) is 0 Å². The topological polar surface area (TPSA) is 20.3 Å². The van der Waals surface area contributed by atoms with Crippen LogP contribution in [0.5, 0.6) is 0 Å². The zero-order valence-electron chi connectivity index (χ0n) is 11.6. The number of unbranched alkanes of at least 4 members (excludes halogenated alkanes) is 2. The predicted octanol–water partition coefficient (Wildman–Crippen LogP) is 5.14. The van der Waals surface area contributed by atoms with Crippen molar-refractivity contribution >= 4 is 33.4 Å². The van der Waals surface area contributed by atoms with Crippen molar-refractivity contribution in [1.29, 1.82) is 0 Å². The van der Waals surface area contributed by atoms with Crippen LogP contribution in [0.25, 0.3) is 0 Å². The number of nitrogens with zero attached hydrogens (tertiary/aromatic N) is 1. The zero-order valence-corrected chi connectivity index (χ0v) is 13.9. The van der Waals surface area contributed by atoms with E-state index in [1.54, 1.807) is 6.07 Å². The van der Waals surface area contributed by atoms with Crippen LogP contribution in [0.1, 0.15) is 49.9 Å². The van der Waals surface area contributed by atoms with E-state index < -0.39 is 0 Å². The summed E-state index contributed by atoms with van der Waals surface area (Å²) in [5, 5.41) is 0.505. The van der Waals surface area contributed by atoms with E-state index in [-0.39, 0.29) is 5.91 Å². The summed E-state index contributed by atoms with van der Waals surface area (Å²) < 4.78 is 0.769. The highest BCUT2D eigenvalue weighted by atomic mass is 79.9. The molecule has 19 heavy (non-hydrogen) atoms. The quantitative estimate of drug-likeness (QED) is 0.669. The van der Waals surface area contributed by atoms with E-state index >= 15 is 0 Å². The van der Waals surface area contributed by atoms with E-state index in [1.165, 1.54) is 0 Å². The first kappa shape index (κ1) is 16.5. The summed E-state index contributed by atoms with van der Waals surface area (Å²) >= 11 is 9.57. The highest BCUT2D eigenvalue weighted by Gasteiger charge is 2.18. The molecule has 0 heterocycles. The van der Waals surface area contributed by atoms with Gasteiger partial charge < -0.3 is 4.90 Å². The summed E-state index contributed by atoms with van der Waals surface area (Å²) in [6.45, 7) is 5.87. The number of halogens is 2. The van der Waals surface area contributed by atoms with Crippen LogP contribution in [0, 0.1) is 0 Å². The first-order valence-corrected chi connectivity index (χ1v) is 8.02. The van der Waals surface area contributed by atoms with E-state index in [0.717, 1.165) is 43.2 Å². The van der Waals surface area contributed by atoms with E-state index in [2.05, 4.69) is 29.8 Å². The highest BCUT2D eigenvalue weighted by molar-refractivity contribution is 9.10. The molecule has 0 bridgehead atoms. The van der Waals surface area contributed by atoms with Gasteiger partial charge in [-0.05, 0) is 40.9 Å². The Morgan fingerprint density at radius 1 is 1.21 bits per heavy atom. The Bertz CT molecular complexity index is 415. The minimum atomic E-state index is 0.0354. The van der Waals surface area contributed by atoms with Crippen LogP contribution >= 0.6 is 27.5 Å². The van der Waals surface area contributed by atoms with Crippen molar-refractivity contribution in [2.75, 3.05) is 13.1 Å². The molecule has 106 valence electrons. The van der Waals surface area contributed by atoms with Crippen LogP contribution in [-0.4, -0.2) is 23.9 Å². The summed E-state index contributed by atoms with van der Waals surface area (Å²) in [5.41, 5.74) is 0.586. The van der Waals surface area contributed by atoms with Gasteiger partial charge in [0, 0.05) is 17.6 Å². The van der Waals surface area contributed by atoms with Crippen LogP contribution in [-0.2, 0) is 0 Å². The minimum Gasteiger partial charge on any atom is -0.339 e. The third-order valence-corrected chi connectivity index (χ3v) is 4.33. The molecule has 0 aromatic heterocycles. The van der Waals surface area contributed by atoms with Gasteiger partial charge in [0.15, 0.2) is 0 Å². The van der Waals surface area contributed by atoms with Gasteiger partial charge in [-0.2, -0.15) is 0 Å². The Kier molecular flexibility index (Phi) is 7.47. The Labute approximate surface area is 129 Å². The van der Waals surface area contributed by atoms with Gasteiger partial charge in [0.05, 0.1) is 10.6 Å². The molecule has 1 rings (SSSR count). The number of carbonyl (C=O) groups is 1. The Hall–Kier alpha value is -0.540. The molecule has 0 saturated heterocycles. The van der Waals surface area contributed by atoms with Crippen LogP contribution < -0.4 is 0 Å².